The molecule has 28 heavy (non-hydrogen) atoms. The van der Waals surface area contributed by atoms with Crippen LogP contribution in [0.25, 0.3) is 0 Å². The Morgan fingerprint density at radius 2 is 1.07 bits per heavy atom. The number of hydrogen-bond donors (Lipinski definition) is 0. The highest BCUT2D eigenvalue weighted by Crippen LogP contribution is 2.70. The molecule has 0 amide bonds. The molecule has 0 radical (unpaired) electrons. The molecule has 0 atom stereocenters. The Kier molecular flexibility index (Phi) is 6.08. The van der Waals surface area contributed by atoms with Crippen molar-refractivity contribution in [2.75, 3.05) is 0 Å². The van der Waals surface area contributed by atoms with Crippen molar-refractivity contribution in [1.82, 2.24) is 0 Å². The molecule has 148 valence electrons. The van der Waals surface area contributed by atoms with Crippen LogP contribution >= 0.6 is 32.9 Å². The summed E-state index contributed by atoms with van der Waals surface area (Å²) >= 11 is 2.07. The fourth-order valence-corrected chi connectivity index (χ4v) is 7.65. The summed E-state index contributed by atoms with van der Waals surface area (Å²) < 4.78 is 70.0. The fourth-order valence-electron chi connectivity index (χ4n) is 2.55. The fraction of sp³-hybridized carbons (Fsp3) is 0.0526. The average molecular weight is 538 g/mol. The van der Waals surface area contributed by atoms with Crippen LogP contribution in [-0.2, 0) is 13.7 Å². The van der Waals surface area contributed by atoms with E-state index in [-0.39, 0.29) is 0 Å². The molecular weight excluding hydrogens is 524 g/mol. The lowest BCUT2D eigenvalue weighted by Crippen LogP contribution is -2.27. The summed E-state index contributed by atoms with van der Waals surface area (Å²) in [6.07, 6.45) is 0. The molecule has 0 aliphatic heterocycles. The van der Waals surface area contributed by atoms with Crippen LogP contribution in [0.2, 0.25) is 0 Å². The van der Waals surface area contributed by atoms with Gasteiger partial charge in [0.25, 0.3) is 0 Å². The molecule has 0 aliphatic rings. The van der Waals surface area contributed by atoms with Gasteiger partial charge in [0.15, 0.2) is 0 Å². The van der Waals surface area contributed by atoms with E-state index >= 15 is 0 Å². The van der Waals surface area contributed by atoms with Gasteiger partial charge in [-0.1, -0.05) is 36.4 Å². The van der Waals surface area contributed by atoms with E-state index in [1.165, 1.54) is 0 Å². The maximum Gasteiger partial charge on any atom is 0.524 e. The number of hydrogen-bond acceptors (Lipinski definition) is 3. The second kappa shape index (κ2) is 8.05. The van der Waals surface area contributed by atoms with Gasteiger partial charge in [-0.05, 0) is 81.4 Å². The summed E-state index contributed by atoms with van der Waals surface area (Å²) in [5, 5.41) is 0. The summed E-state index contributed by atoms with van der Waals surface area (Å²) in [6, 6.07) is 22.8. The van der Waals surface area contributed by atoms with Crippen LogP contribution in [0, 0.1) is 3.57 Å². The van der Waals surface area contributed by atoms with Crippen LogP contribution in [0.4, 0.5) is 13.2 Å². The molecule has 0 bridgehead atoms. The Hall–Kier alpha value is -1.56. The van der Waals surface area contributed by atoms with Gasteiger partial charge in [0.1, 0.15) is 0 Å². The molecule has 3 aromatic rings. The Labute approximate surface area is 176 Å². The minimum atomic E-state index is -5.87. The van der Waals surface area contributed by atoms with Gasteiger partial charge in [0.2, 0.25) is 0 Å². The van der Waals surface area contributed by atoms with Crippen LogP contribution in [0.15, 0.2) is 99.6 Å². The third-order valence-corrected chi connectivity index (χ3v) is 9.40. The van der Waals surface area contributed by atoms with Gasteiger partial charge in [-0.3, -0.25) is 0 Å². The Morgan fingerprint density at radius 3 is 1.46 bits per heavy atom. The normalized spacial score (nSPS) is 13.3. The highest BCUT2D eigenvalue weighted by atomic mass is 127. The molecule has 0 aromatic heterocycles. The summed E-state index contributed by atoms with van der Waals surface area (Å²) in [7, 11) is -9.08. The predicted octanol–water partition coefficient (Wildman–Crippen LogP) is 6.35. The number of halogens is 4. The smallest absolute Gasteiger partial charge is 0.200 e. The van der Waals surface area contributed by atoms with Crippen molar-refractivity contribution in [2.24, 2.45) is 0 Å². The third-order valence-electron chi connectivity index (χ3n) is 3.77. The van der Waals surface area contributed by atoms with Crippen LogP contribution < -0.4 is 0 Å². The van der Waals surface area contributed by atoms with Gasteiger partial charge in [-0.2, -0.15) is 25.2 Å². The van der Waals surface area contributed by atoms with Gasteiger partial charge >= 0.3 is 15.6 Å². The van der Waals surface area contributed by atoms with Crippen molar-refractivity contribution in [2.45, 2.75) is 20.2 Å². The zero-order chi connectivity index (χ0) is 20.4. The molecule has 9 heteroatoms. The van der Waals surface area contributed by atoms with Crippen molar-refractivity contribution in [3.63, 3.8) is 0 Å². The van der Waals surface area contributed by atoms with E-state index in [1.54, 1.807) is 84.9 Å². The van der Waals surface area contributed by atoms with Gasteiger partial charge in [0, 0.05) is 18.3 Å². The standard InChI is InChI=1S/C19H14F3IO3S2/c20-19(21,22)28(24,25)26-27(16-7-3-1-4-8-16,17-9-5-2-6-10-17)18-13-11-15(23)12-14-18/h1-14H. The second-order valence-electron chi connectivity index (χ2n) is 5.60. The van der Waals surface area contributed by atoms with E-state index in [2.05, 4.69) is 22.6 Å². The van der Waals surface area contributed by atoms with E-state index in [1.807, 2.05) is 0 Å². The molecule has 3 nitrogen and oxygen atoms in total. The molecule has 0 saturated carbocycles. The Morgan fingerprint density at radius 1 is 0.679 bits per heavy atom. The predicted molar refractivity (Wildman–Crippen MR) is 110 cm³/mol. The maximum atomic E-state index is 13.3. The molecule has 0 N–H and O–H groups in total. The lowest BCUT2D eigenvalue weighted by molar-refractivity contribution is -0.0496. The van der Waals surface area contributed by atoms with Crippen LogP contribution in [0.1, 0.15) is 0 Å². The first-order chi connectivity index (χ1) is 13.2. The van der Waals surface area contributed by atoms with Crippen molar-refractivity contribution in [3.05, 3.63) is 88.5 Å². The quantitative estimate of drug-likeness (QED) is 0.281. The molecule has 0 spiro atoms. The first-order valence-corrected chi connectivity index (χ1v) is 11.9. The van der Waals surface area contributed by atoms with Crippen LogP contribution in [0.3, 0.4) is 0 Å². The highest BCUT2D eigenvalue weighted by molar-refractivity contribution is 14.1. The number of benzene rings is 3. The highest BCUT2D eigenvalue weighted by Gasteiger charge is 2.52. The van der Waals surface area contributed by atoms with Crippen molar-refractivity contribution >= 4 is 43.0 Å². The molecular formula is C19H14F3IO3S2. The number of alkyl halides is 3. The van der Waals surface area contributed by atoms with Crippen LogP contribution in [0.5, 0.6) is 0 Å². The molecule has 0 unspecified atom stereocenters. The van der Waals surface area contributed by atoms with E-state index in [0.717, 1.165) is 3.57 Å². The van der Waals surface area contributed by atoms with E-state index in [9.17, 15) is 21.6 Å². The zero-order valence-electron chi connectivity index (χ0n) is 14.1. The topological polar surface area (TPSA) is 43.4 Å². The summed E-state index contributed by atoms with van der Waals surface area (Å²) in [6.45, 7) is 0. The van der Waals surface area contributed by atoms with Crippen molar-refractivity contribution in [3.8, 4) is 0 Å². The minimum Gasteiger partial charge on any atom is -0.200 e. The van der Waals surface area contributed by atoms with E-state index in [0.29, 0.717) is 14.7 Å². The largest absolute Gasteiger partial charge is 0.524 e. The molecule has 3 aromatic carbocycles. The second-order valence-corrected chi connectivity index (χ2v) is 11.3. The molecule has 0 fully saturated rings. The lowest BCUT2D eigenvalue weighted by atomic mass is 10.4. The monoisotopic (exact) mass is 538 g/mol. The zero-order valence-corrected chi connectivity index (χ0v) is 17.9. The molecule has 3 rings (SSSR count). The maximum absolute atomic E-state index is 13.3. The SMILES string of the molecule is O=S(=O)(OS(c1ccccc1)(c1ccccc1)c1ccc(I)cc1)C(F)(F)F. The van der Waals surface area contributed by atoms with E-state index in [4.69, 9.17) is 3.63 Å². The Balaban J connectivity index is 2.38. The molecule has 0 saturated heterocycles. The van der Waals surface area contributed by atoms with E-state index < -0.39 is 25.9 Å². The first kappa shape index (κ1) is 21.2. The van der Waals surface area contributed by atoms with Crippen molar-refractivity contribution < 1.29 is 25.2 Å². The Bertz CT molecular complexity index is 1000. The first-order valence-electron chi connectivity index (χ1n) is 7.88. The molecule has 0 aliphatic carbocycles. The van der Waals surface area contributed by atoms with Crippen LogP contribution in [-0.4, -0.2) is 13.9 Å². The lowest BCUT2D eigenvalue weighted by Gasteiger charge is -2.39. The summed E-state index contributed by atoms with van der Waals surface area (Å²) in [5.74, 6) is 0. The van der Waals surface area contributed by atoms with Gasteiger partial charge in [0.05, 0.1) is 0 Å². The summed E-state index contributed by atoms with van der Waals surface area (Å²) in [5.41, 5.74) is -5.54. The van der Waals surface area contributed by atoms with Gasteiger partial charge in [-0.25, -0.2) is 0 Å². The third kappa shape index (κ3) is 4.07. The molecule has 0 heterocycles. The summed E-state index contributed by atoms with van der Waals surface area (Å²) in [4.78, 5) is 1.03. The average Bonchev–Trinajstić information content (AvgIpc) is 2.67. The number of rotatable bonds is 5. The van der Waals surface area contributed by atoms with Crippen molar-refractivity contribution in [1.29, 1.82) is 0 Å². The van der Waals surface area contributed by atoms with Gasteiger partial charge < -0.3 is 0 Å². The minimum absolute atomic E-state index is 0.343. The van der Waals surface area contributed by atoms with Gasteiger partial charge in [-0.15, -0.1) is 0 Å².